The lowest BCUT2D eigenvalue weighted by Gasteiger charge is -2.28. The molecule has 10 heteroatoms. The summed E-state index contributed by atoms with van der Waals surface area (Å²) in [7, 11) is 0. The van der Waals surface area contributed by atoms with Gasteiger partial charge in [0.15, 0.2) is 36.3 Å². The van der Waals surface area contributed by atoms with Crippen LogP contribution in [0.1, 0.15) is 46.5 Å². The van der Waals surface area contributed by atoms with Gasteiger partial charge < -0.3 is 19.2 Å². The Kier molecular flexibility index (Phi) is 7.39. The molecule has 1 aliphatic rings. The zero-order chi connectivity index (χ0) is 24.8. The van der Waals surface area contributed by atoms with Crippen LogP contribution >= 0.6 is 0 Å². The summed E-state index contributed by atoms with van der Waals surface area (Å²) in [5, 5.41) is 2.75. The smallest absolute Gasteiger partial charge is 0.273 e. The van der Waals surface area contributed by atoms with Crippen LogP contribution in [0.4, 0.5) is 10.1 Å². The van der Waals surface area contributed by atoms with Crippen LogP contribution in [0.3, 0.4) is 0 Å². The predicted octanol–water partition coefficient (Wildman–Crippen LogP) is 3.53. The Labute approximate surface area is 200 Å². The first-order valence-electron chi connectivity index (χ1n) is 11.2. The number of ether oxygens (including phenoxy) is 2. The molecule has 2 amide bonds. The SMILES string of the molecule is CCCCNC(=O)c1coc(CN2C(=O)COc3ccc(C(=O)COc4ccccc4F)cc32)n1. The minimum Gasteiger partial charge on any atom is -0.482 e. The monoisotopic (exact) mass is 481 g/mol. The average molecular weight is 481 g/mol. The van der Waals surface area contributed by atoms with Crippen molar-refractivity contribution >= 4 is 23.3 Å². The summed E-state index contributed by atoms with van der Waals surface area (Å²) in [5.41, 5.74) is 0.725. The summed E-state index contributed by atoms with van der Waals surface area (Å²) >= 11 is 0. The molecule has 9 nitrogen and oxygen atoms in total. The Bertz CT molecular complexity index is 1240. The molecule has 0 spiro atoms. The van der Waals surface area contributed by atoms with Crippen molar-refractivity contribution in [1.82, 2.24) is 10.3 Å². The van der Waals surface area contributed by atoms with Crippen LogP contribution in [0.2, 0.25) is 0 Å². The molecule has 0 atom stereocenters. The number of ketones is 1. The van der Waals surface area contributed by atoms with E-state index in [0.29, 0.717) is 18.0 Å². The van der Waals surface area contributed by atoms with Gasteiger partial charge >= 0.3 is 0 Å². The Hall–Kier alpha value is -4.21. The number of para-hydroxylation sites is 1. The predicted molar refractivity (Wildman–Crippen MR) is 123 cm³/mol. The molecule has 0 aliphatic carbocycles. The number of anilines is 1. The van der Waals surface area contributed by atoms with Crippen molar-refractivity contribution in [3.8, 4) is 11.5 Å². The van der Waals surface area contributed by atoms with Crippen molar-refractivity contribution < 1.29 is 32.7 Å². The zero-order valence-electron chi connectivity index (χ0n) is 19.1. The van der Waals surface area contributed by atoms with Gasteiger partial charge in [0.1, 0.15) is 18.6 Å². The van der Waals surface area contributed by atoms with E-state index >= 15 is 0 Å². The van der Waals surface area contributed by atoms with E-state index in [9.17, 15) is 18.8 Å². The number of hydrogen-bond acceptors (Lipinski definition) is 7. The van der Waals surface area contributed by atoms with Crippen LogP contribution in [0.5, 0.6) is 11.5 Å². The van der Waals surface area contributed by atoms with E-state index < -0.39 is 11.6 Å². The maximum absolute atomic E-state index is 13.8. The minimum absolute atomic E-state index is 0.0302. The third-order valence-electron chi connectivity index (χ3n) is 5.31. The number of halogens is 1. The Balaban J connectivity index is 1.48. The van der Waals surface area contributed by atoms with E-state index in [1.54, 1.807) is 18.2 Å². The molecule has 4 rings (SSSR count). The van der Waals surface area contributed by atoms with Gasteiger partial charge in [-0.1, -0.05) is 25.5 Å². The van der Waals surface area contributed by atoms with Gasteiger partial charge in [-0.3, -0.25) is 19.3 Å². The lowest BCUT2D eigenvalue weighted by molar-refractivity contribution is -0.121. The molecule has 182 valence electrons. The number of Topliss-reactive ketones (excluding diaryl/α,β-unsaturated/α-hetero) is 1. The van der Waals surface area contributed by atoms with Crippen molar-refractivity contribution in [3.05, 3.63) is 71.7 Å². The van der Waals surface area contributed by atoms with Gasteiger partial charge in [0.05, 0.1) is 5.69 Å². The first-order chi connectivity index (χ1) is 17.0. The highest BCUT2D eigenvalue weighted by molar-refractivity contribution is 6.02. The third kappa shape index (κ3) is 5.65. The fourth-order valence-corrected chi connectivity index (χ4v) is 3.43. The lowest BCUT2D eigenvalue weighted by atomic mass is 10.1. The topological polar surface area (TPSA) is 111 Å². The molecular formula is C25H24FN3O6. The number of benzene rings is 2. The van der Waals surface area contributed by atoms with Crippen LogP contribution in [-0.4, -0.2) is 42.3 Å². The van der Waals surface area contributed by atoms with E-state index in [4.69, 9.17) is 13.9 Å². The maximum atomic E-state index is 13.8. The van der Waals surface area contributed by atoms with Gasteiger partial charge in [0.2, 0.25) is 5.89 Å². The largest absolute Gasteiger partial charge is 0.482 e. The summed E-state index contributed by atoms with van der Waals surface area (Å²) in [4.78, 5) is 43.0. The van der Waals surface area contributed by atoms with Gasteiger partial charge in [0, 0.05) is 12.1 Å². The Morgan fingerprint density at radius 1 is 1.23 bits per heavy atom. The molecule has 0 unspecified atom stereocenters. The number of unbranched alkanes of at least 4 members (excludes halogenated alkanes) is 1. The molecule has 0 saturated carbocycles. The second-order valence-electron chi connectivity index (χ2n) is 7.83. The van der Waals surface area contributed by atoms with Crippen LogP contribution < -0.4 is 19.7 Å². The number of amides is 2. The number of fused-ring (bicyclic) bond motifs is 1. The molecule has 35 heavy (non-hydrogen) atoms. The van der Waals surface area contributed by atoms with Crippen molar-refractivity contribution in [2.24, 2.45) is 0 Å². The van der Waals surface area contributed by atoms with Crippen molar-refractivity contribution in [1.29, 1.82) is 0 Å². The highest BCUT2D eigenvalue weighted by atomic mass is 19.1. The van der Waals surface area contributed by atoms with Gasteiger partial charge in [-0.05, 0) is 36.8 Å². The number of aromatic nitrogens is 1. The normalized spacial score (nSPS) is 12.6. The number of nitrogens with zero attached hydrogens (tertiary/aromatic N) is 2. The molecule has 2 heterocycles. The highest BCUT2D eigenvalue weighted by Crippen LogP contribution is 2.34. The molecule has 3 aromatic rings. The standard InChI is InChI=1S/C25H24FN3O6/c1-2-3-10-27-25(32)18-13-35-23(28-18)12-29-19-11-16(8-9-22(19)34-15-24(29)31)20(30)14-33-21-7-5-4-6-17(21)26/h4-9,11,13H,2-3,10,12,14-15H2,1H3,(H,27,32). The van der Waals surface area contributed by atoms with E-state index in [1.165, 1.54) is 35.4 Å². The maximum Gasteiger partial charge on any atom is 0.273 e. The molecular weight excluding hydrogens is 457 g/mol. The third-order valence-corrected chi connectivity index (χ3v) is 5.31. The number of carbonyl (C=O) groups is 3. The molecule has 2 aromatic carbocycles. The number of carbonyl (C=O) groups excluding carboxylic acids is 3. The Morgan fingerprint density at radius 3 is 2.86 bits per heavy atom. The summed E-state index contributed by atoms with van der Waals surface area (Å²) in [6.45, 7) is 1.92. The fraction of sp³-hybridized carbons (Fsp3) is 0.280. The second-order valence-corrected chi connectivity index (χ2v) is 7.83. The second kappa shape index (κ2) is 10.8. The van der Waals surface area contributed by atoms with Crippen LogP contribution in [0, 0.1) is 5.82 Å². The van der Waals surface area contributed by atoms with Gasteiger partial charge in [-0.25, -0.2) is 9.37 Å². The number of oxazole rings is 1. The Morgan fingerprint density at radius 2 is 2.06 bits per heavy atom. The fourth-order valence-electron chi connectivity index (χ4n) is 3.43. The van der Waals surface area contributed by atoms with Crippen LogP contribution in [0.15, 0.2) is 53.1 Å². The number of nitrogens with one attached hydrogen (secondary N) is 1. The average Bonchev–Trinajstić information content (AvgIpc) is 3.34. The highest BCUT2D eigenvalue weighted by Gasteiger charge is 2.28. The van der Waals surface area contributed by atoms with Gasteiger partial charge in [-0.2, -0.15) is 0 Å². The molecule has 1 aliphatic heterocycles. The molecule has 0 saturated heterocycles. The summed E-state index contributed by atoms with van der Waals surface area (Å²) in [6.07, 6.45) is 3.03. The van der Waals surface area contributed by atoms with Crippen LogP contribution in [-0.2, 0) is 11.3 Å². The first-order valence-corrected chi connectivity index (χ1v) is 11.2. The lowest BCUT2D eigenvalue weighted by Crippen LogP contribution is -2.38. The van der Waals surface area contributed by atoms with E-state index in [-0.39, 0.29) is 54.5 Å². The number of hydrogen-bond donors (Lipinski definition) is 1. The number of rotatable bonds is 10. The van der Waals surface area contributed by atoms with E-state index in [0.717, 1.165) is 12.8 Å². The molecule has 0 radical (unpaired) electrons. The summed E-state index contributed by atoms with van der Waals surface area (Å²) in [5.74, 6) is -1.16. The quantitative estimate of drug-likeness (QED) is 0.348. The van der Waals surface area contributed by atoms with Gasteiger partial charge in [-0.15, -0.1) is 0 Å². The molecule has 0 bridgehead atoms. The van der Waals surface area contributed by atoms with E-state index in [2.05, 4.69) is 10.3 Å². The summed E-state index contributed by atoms with van der Waals surface area (Å²) in [6, 6.07) is 10.4. The van der Waals surface area contributed by atoms with Crippen molar-refractivity contribution in [3.63, 3.8) is 0 Å². The van der Waals surface area contributed by atoms with Crippen LogP contribution in [0.25, 0.3) is 0 Å². The molecule has 1 N–H and O–H groups in total. The molecule has 0 fully saturated rings. The minimum atomic E-state index is -0.569. The van der Waals surface area contributed by atoms with Gasteiger partial charge in [0.25, 0.3) is 11.8 Å². The van der Waals surface area contributed by atoms with E-state index in [1.807, 2.05) is 6.92 Å². The first kappa shape index (κ1) is 23.9. The van der Waals surface area contributed by atoms with Crippen molar-refractivity contribution in [2.45, 2.75) is 26.3 Å². The molecule has 1 aromatic heterocycles. The van der Waals surface area contributed by atoms with Crippen molar-refractivity contribution in [2.75, 3.05) is 24.7 Å². The zero-order valence-corrected chi connectivity index (χ0v) is 19.1. The summed E-state index contributed by atoms with van der Waals surface area (Å²) < 4.78 is 30.0.